The number of hydrogen-bond donors (Lipinski definition) is 0. The number of carbonyl (C=O) groups excluding carboxylic acids is 1. The van der Waals surface area contributed by atoms with Crippen LogP contribution in [0.2, 0.25) is 0 Å². The molecule has 1 unspecified atom stereocenters. The zero-order valence-electron chi connectivity index (χ0n) is 14.3. The summed E-state index contributed by atoms with van der Waals surface area (Å²) in [5.74, 6) is 0.771. The molecule has 0 aromatic heterocycles. The molecule has 1 saturated heterocycles. The van der Waals surface area contributed by atoms with E-state index in [0.29, 0.717) is 19.8 Å². The van der Waals surface area contributed by atoms with E-state index in [1.807, 2.05) is 25.1 Å². The summed E-state index contributed by atoms with van der Waals surface area (Å²) < 4.78 is 17.5. The smallest absolute Gasteiger partial charge is 0.320 e. The van der Waals surface area contributed by atoms with E-state index >= 15 is 0 Å². The Labute approximate surface area is 149 Å². The highest BCUT2D eigenvalue weighted by Gasteiger charge is 2.43. The summed E-state index contributed by atoms with van der Waals surface area (Å²) in [4.78, 5) is 13.8. The van der Waals surface area contributed by atoms with Crippen LogP contribution in [0.3, 0.4) is 0 Å². The number of likely N-dealkylation sites (tertiary alicyclic amines) is 1. The van der Waals surface area contributed by atoms with Crippen molar-refractivity contribution in [3.05, 3.63) is 29.8 Å². The maximum absolute atomic E-state index is 11.6. The number of hydrogen-bond acceptors (Lipinski definition) is 5. The Morgan fingerprint density at radius 2 is 2.04 bits per heavy atom. The Hall–Kier alpha value is -1.30. The van der Waals surface area contributed by atoms with Crippen LogP contribution in [0.5, 0.6) is 5.75 Å². The predicted octanol–water partition coefficient (Wildman–Crippen LogP) is 2.80. The fourth-order valence-corrected chi connectivity index (χ4v) is 3.40. The molecule has 0 N–H and O–H groups in total. The molecule has 0 aliphatic carbocycles. The number of benzene rings is 1. The molecule has 6 heteroatoms. The van der Waals surface area contributed by atoms with Gasteiger partial charge in [0.2, 0.25) is 0 Å². The van der Waals surface area contributed by atoms with Gasteiger partial charge in [0.1, 0.15) is 17.5 Å². The van der Waals surface area contributed by atoms with Crippen molar-refractivity contribution in [2.75, 3.05) is 26.2 Å². The summed E-state index contributed by atoms with van der Waals surface area (Å²) in [5.41, 5.74) is 0.828. The average Bonchev–Trinajstić information content (AvgIpc) is 2.68. The van der Waals surface area contributed by atoms with Crippen LogP contribution in [0, 0.1) is 0 Å². The van der Waals surface area contributed by atoms with Crippen LogP contribution in [-0.2, 0) is 20.9 Å². The molecule has 5 nitrogen and oxygen atoms in total. The molecule has 3 rings (SSSR count). The SMILES string of the molecule is CCOC(=O)CN1CCC2(CC1)OCc1ccccc1OC2C.Cl. The van der Waals surface area contributed by atoms with E-state index in [0.717, 1.165) is 37.2 Å². The summed E-state index contributed by atoms with van der Waals surface area (Å²) in [6.45, 7) is 6.94. The molecule has 0 saturated carbocycles. The molecule has 1 aromatic rings. The fraction of sp³-hybridized carbons (Fsp3) is 0.611. The van der Waals surface area contributed by atoms with Crippen molar-refractivity contribution in [3.63, 3.8) is 0 Å². The second kappa shape index (κ2) is 8.19. The molecular formula is C18H26ClNO4. The average molecular weight is 356 g/mol. The maximum Gasteiger partial charge on any atom is 0.320 e. The van der Waals surface area contributed by atoms with Gasteiger partial charge in [-0.25, -0.2) is 0 Å². The molecule has 1 spiro atoms. The van der Waals surface area contributed by atoms with Gasteiger partial charge in [0.25, 0.3) is 0 Å². The second-order valence-corrected chi connectivity index (χ2v) is 6.30. The molecule has 24 heavy (non-hydrogen) atoms. The van der Waals surface area contributed by atoms with E-state index in [-0.39, 0.29) is 30.1 Å². The first kappa shape index (κ1) is 19.0. The Balaban J connectivity index is 0.00000208. The molecule has 0 radical (unpaired) electrons. The van der Waals surface area contributed by atoms with Crippen molar-refractivity contribution in [3.8, 4) is 5.75 Å². The molecule has 134 valence electrons. The van der Waals surface area contributed by atoms with Crippen molar-refractivity contribution in [1.82, 2.24) is 4.90 Å². The normalized spacial score (nSPS) is 22.7. The van der Waals surface area contributed by atoms with Crippen LogP contribution in [-0.4, -0.2) is 48.8 Å². The van der Waals surface area contributed by atoms with Crippen LogP contribution in [0.4, 0.5) is 0 Å². The van der Waals surface area contributed by atoms with Crippen molar-refractivity contribution >= 4 is 18.4 Å². The second-order valence-electron chi connectivity index (χ2n) is 6.30. The number of fused-ring (bicyclic) bond motifs is 1. The van der Waals surface area contributed by atoms with E-state index in [1.54, 1.807) is 0 Å². The molecule has 2 heterocycles. The third kappa shape index (κ3) is 4.02. The number of nitrogens with zero attached hydrogens (tertiary/aromatic N) is 1. The van der Waals surface area contributed by atoms with Gasteiger partial charge in [-0.05, 0) is 32.8 Å². The van der Waals surface area contributed by atoms with Crippen LogP contribution in [0.15, 0.2) is 24.3 Å². The zero-order chi connectivity index (χ0) is 16.3. The minimum Gasteiger partial charge on any atom is -0.487 e. The number of rotatable bonds is 3. The van der Waals surface area contributed by atoms with Gasteiger partial charge >= 0.3 is 5.97 Å². The molecule has 1 fully saturated rings. The molecular weight excluding hydrogens is 330 g/mol. The molecule has 0 amide bonds. The zero-order valence-corrected chi connectivity index (χ0v) is 15.1. The van der Waals surface area contributed by atoms with Crippen LogP contribution < -0.4 is 4.74 Å². The van der Waals surface area contributed by atoms with E-state index in [1.165, 1.54) is 0 Å². The van der Waals surface area contributed by atoms with Crippen molar-refractivity contribution in [1.29, 1.82) is 0 Å². The summed E-state index contributed by atoms with van der Waals surface area (Å²) in [5, 5.41) is 0. The molecule has 2 aliphatic rings. The Morgan fingerprint density at radius 3 is 2.75 bits per heavy atom. The topological polar surface area (TPSA) is 48.0 Å². The monoisotopic (exact) mass is 355 g/mol. The van der Waals surface area contributed by atoms with Crippen LogP contribution in [0.1, 0.15) is 32.3 Å². The third-order valence-corrected chi connectivity index (χ3v) is 4.89. The van der Waals surface area contributed by atoms with Crippen molar-refractivity contribution in [2.45, 2.75) is 45.0 Å². The van der Waals surface area contributed by atoms with Gasteiger partial charge in [-0.15, -0.1) is 12.4 Å². The number of carbonyl (C=O) groups is 1. The molecule has 0 bridgehead atoms. The summed E-state index contributed by atoms with van der Waals surface area (Å²) in [6.07, 6.45) is 1.72. The van der Waals surface area contributed by atoms with E-state index in [4.69, 9.17) is 14.2 Å². The molecule has 2 aliphatic heterocycles. The van der Waals surface area contributed by atoms with Gasteiger partial charge in [-0.1, -0.05) is 18.2 Å². The minimum atomic E-state index is -0.274. The van der Waals surface area contributed by atoms with E-state index in [9.17, 15) is 4.79 Å². The lowest BCUT2D eigenvalue weighted by molar-refractivity contribution is -0.151. The van der Waals surface area contributed by atoms with Crippen molar-refractivity contribution in [2.24, 2.45) is 0 Å². The fourth-order valence-electron chi connectivity index (χ4n) is 3.40. The quantitative estimate of drug-likeness (QED) is 0.780. The van der Waals surface area contributed by atoms with E-state index < -0.39 is 0 Å². The lowest BCUT2D eigenvalue weighted by Crippen LogP contribution is -2.54. The maximum atomic E-state index is 11.6. The highest BCUT2D eigenvalue weighted by Crippen LogP contribution is 2.37. The Morgan fingerprint density at radius 1 is 1.33 bits per heavy atom. The highest BCUT2D eigenvalue weighted by atomic mass is 35.5. The van der Waals surface area contributed by atoms with Gasteiger partial charge in [0, 0.05) is 18.7 Å². The van der Waals surface area contributed by atoms with E-state index in [2.05, 4.69) is 17.9 Å². The van der Waals surface area contributed by atoms with Crippen molar-refractivity contribution < 1.29 is 19.0 Å². The lowest BCUT2D eigenvalue weighted by atomic mass is 9.86. The third-order valence-electron chi connectivity index (χ3n) is 4.89. The minimum absolute atomic E-state index is 0. The van der Waals surface area contributed by atoms with Gasteiger partial charge in [-0.2, -0.15) is 0 Å². The largest absolute Gasteiger partial charge is 0.487 e. The summed E-state index contributed by atoms with van der Waals surface area (Å²) >= 11 is 0. The molecule has 1 aromatic carbocycles. The lowest BCUT2D eigenvalue weighted by Gasteiger charge is -2.43. The molecule has 1 atom stereocenters. The van der Waals surface area contributed by atoms with Crippen LogP contribution >= 0.6 is 12.4 Å². The number of piperidine rings is 1. The van der Waals surface area contributed by atoms with Crippen LogP contribution in [0.25, 0.3) is 0 Å². The Kier molecular flexibility index (Phi) is 6.49. The first-order valence-electron chi connectivity index (χ1n) is 8.39. The number of ether oxygens (including phenoxy) is 3. The number of esters is 1. The van der Waals surface area contributed by atoms with Gasteiger partial charge in [0.05, 0.1) is 19.8 Å². The van der Waals surface area contributed by atoms with Gasteiger partial charge in [-0.3, -0.25) is 9.69 Å². The first-order valence-corrected chi connectivity index (χ1v) is 8.39. The predicted molar refractivity (Wildman–Crippen MR) is 93.6 cm³/mol. The highest BCUT2D eigenvalue weighted by molar-refractivity contribution is 5.85. The van der Waals surface area contributed by atoms with Gasteiger partial charge in [0.15, 0.2) is 0 Å². The number of halogens is 1. The number of para-hydroxylation sites is 1. The summed E-state index contributed by atoms with van der Waals surface area (Å²) in [6, 6.07) is 8.06. The van der Waals surface area contributed by atoms with Gasteiger partial charge < -0.3 is 14.2 Å². The Bertz CT molecular complexity index is 558. The first-order chi connectivity index (χ1) is 11.1. The standard InChI is InChI=1S/C18H25NO4.ClH/c1-3-21-17(20)12-19-10-8-18(9-11-19)14(2)23-16-7-5-4-6-15(16)13-22-18;/h4-7,14H,3,8-13H2,1-2H3;1H. The summed E-state index contributed by atoms with van der Waals surface area (Å²) in [7, 11) is 0.